The molecule has 1 heterocycles. The van der Waals surface area contributed by atoms with Crippen LogP contribution in [0, 0.1) is 10.1 Å². The zero-order chi connectivity index (χ0) is 11.8. The number of carbonyl (C=O) groups is 1. The quantitative estimate of drug-likeness (QED) is 0.626. The van der Waals surface area contributed by atoms with Gasteiger partial charge >= 0.3 is 11.8 Å². The second-order valence-corrected chi connectivity index (χ2v) is 3.77. The molecule has 1 aromatic heterocycles. The first-order chi connectivity index (χ1) is 6.76. The van der Waals surface area contributed by atoms with Crippen LogP contribution >= 0.6 is 11.6 Å². The van der Waals surface area contributed by atoms with Crippen LogP contribution < -0.4 is 0 Å². The minimum Gasteiger partial charge on any atom is -0.479 e. The number of carboxylic acid groups (broad SMARTS) is 1. The highest BCUT2D eigenvalue weighted by atomic mass is 35.5. The van der Waals surface area contributed by atoms with Crippen LogP contribution in [0.1, 0.15) is 13.8 Å². The molecule has 0 fully saturated rings. The summed E-state index contributed by atoms with van der Waals surface area (Å²) in [5.74, 6) is -1.71. The van der Waals surface area contributed by atoms with Crippen molar-refractivity contribution >= 4 is 23.4 Å². The van der Waals surface area contributed by atoms with Gasteiger partial charge in [0.15, 0.2) is 10.6 Å². The van der Waals surface area contributed by atoms with Crippen molar-refractivity contribution in [2.75, 3.05) is 0 Å². The van der Waals surface area contributed by atoms with Gasteiger partial charge in [-0.05, 0) is 18.8 Å². The maximum atomic E-state index is 10.8. The van der Waals surface area contributed by atoms with Gasteiger partial charge in [-0.2, -0.15) is 4.68 Å². The van der Waals surface area contributed by atoms with E-state index >= 15 is 0 Å². The molecule has 7 nitrogen and oxygen atoms in total. The molecule has 0 radical (unpaired) electrons. The minimum absolute atomic E-state index is 0.186. The lowest BCUT2D eigenvalue weighted by molar-refractivity contribution is -0.389. The molecular weight excluding hydrogens is 226 g/mol. The summed E-state index contributed by atoms with van der Waals surface area (Å²) < 4.78 is 0.954. The molecule has 0 aromatic carbocycles. The van der Waals surface area contributed by atoms with E-state index in [2.05, 4.69) is 5.10 Å². The van der Waals surface area contributed by atoms with Gasteiger partial charge < -0.3 is 15.2 Å². The number of hydrogen-bond acceptors (Lipinski definition) is 4. The Hall–Kier alpha value is -1.63. The molecule has 15 heavy (non-hydrogen) atoms. The second kappa shape index (κ2) is 3.50. The summed E-state index contributed by atoms with van der Waals surface area (Å²) in [5.41, 5.74) is -1.38. The molecule has 0 saturated carbocycles. The summed E-state index contributed by atoms with van der Waals surface area (Å²) >= 11 is 5.53. The van der Waals surface area contributed by atoms with E-state index < -0.39 is 22.2 Å². The number of carboxylic acids is 1. The fourth-order valence-electron chi connectivity index (χ4n) is 0.852. The molecular formula is C7H8ClN3O4. The fraction of sp³-hybridized carbons (Fsp3) is 0.429. The van der Waals surface area contributed by atoms with E-state index in [0.717, 1.165) is 10.9 Å². The zero-order valence-electron chi connectivity index (χ0n) is 7.97. The van der Waals surface area contributed by atoms with Gasteiger partial charge in [0, 0.05) is 0 Å². The summed E-state index contributed by atoms with van der Waals surface area (Å²) in [5, 5.41) is 22.6. The van der Waals surface area contributed by atoms with E-state index in [1.54, 1.807) is 0 Å². The number of hydrogen-bond donors (Lipinski definition) is 1. The third kappa shape index (κ3) is 1.91. The van der Waals surface area contributed by atoms with Crippen molar-refractivity contribution in [3.05, 3.63) is 21.3 Å². The molecule has 0 aliphatic carbocycles. The smallest absolute Gasteiger partial charge is 0.408 e. The van der Waals surface area contributed by atoms with E-state index in [9.17, 15) is 14.9 Å². The molecule has 0 saturated heterocycles. The lowest BCUT2D eigenvalue weighted by atomic mass is 10.1. The van der Waals surface area contributed by atoms with E-state index in [-0.39, 0.29) is 5.02 Å². The normalized spacial score (nSPS) is 11.4. The van der Waals surface area contributed by atoms with Crippen molar-refractivity contribution in [3.63, 3.8) is 0 Å². The SMILES string of the molecule is CC(C)(C(=O)O)n1cc(Cl)c([N+](=O)[O-])n1. The zero-order valence-corrected chi connectivity index (χ0v) is 8.72. The van der Waals surface area contributed by atoms with Crippen LogP contribution in [0.3, 0.4) is 0 Å². The number of nitrogens with zero attached hydrogens (tertiary/aromatic N) is 3. The van der Waals surface area contributed by atoms with Crippen molar-refractivity contribution in [1.29, 1.82) is 0 Å². The largest absolute Gasteiger partial charge is 0.479 e. The van der Waals surface area contributed by atoms with Crippen molar-refractivity contribution < 1.29 is 14.8 Å². The van der Waals surface area contributed by atoms with Gasteiger partial charge in [-0.3, -0.25) is 0 Å². The highest BCUT2D eigenvalue weighted by Gasteiger charge is 2.35. The minimum atomic E-state index is -1.38. The van der Waals surface area contributed by atoms with Gasteiger partial charge in [-0.1, -0.05) is 11.6 Å². The lowest BCUT2D eigenvalue weighted by Crippen LogP contribution is -2.36. The number of nitro groups is 1. The van der Waals surface area contributed by atoms with Crippen molar-refractivity contribution in [2.24, 2.45) is 0 Å². The Morgan fingerprint density at radius 3 is 2.60 bits per heavy atom. The maximum Gasteiger partial charge on any atom is 0.408 e. The van der Waals surface area contributed by atoms with Gasteiger partial charge in [0.2, 0.25) is 0 Å². The molecule has 0 bridgehead atoms. The molecule has 1 rings (SSSR count). The predicted octanol–water partition coefficient (Wildman–Crippen LogP) is 1.26. The van der Waals surface area contributed by atoms with Gasteiger partial charge in [-0.25, -0.2) is 4.79 Å². The van der Waals surface area contributed by atoms with Crippen molar-refractivity contribution in [2.45, 2.75) is 19.4 Å². The molecule has 1 N–H and O–H groups in total. The maximum absolute atomic E-state index is 10.8. The molecule has 0 spiro atoms. The first-order valence-electron chi connectivity index (χ1n) is 3.90. The molecule has 0 unspecified atom stereocenters. The van der Waals surface area contributed by atoms with Crippen LogP contribution in [0.5, 0.6) is 0 Å². The third-order valence-corrected chi connectivity index (χ3v) is 2.19. The Morgan fingerprint density at radius 2 is 2.27 bits per heavy atom. The Labute approximate surface area is 89.4 Å². The van der Waals surface area contributed by atoms with Gasteiger partial charge in [-0.15, -0.1) is 0 Å². The molecule has 0 aliphatic rings. The predicted molar refractivity (Wildman–Crippen MR) is 50.8 cm³/mol. The van der Waals surface area contributed by atoms with Gasteiger partial charge in [0.1, 0.15) is 0 Å². The molecule has 82 valence electrons. The monoisotopic (exact) mass is 233 g/mol. The van der Waals surface area contributed by atoms with E-state index in [0.29, 0.717) is 0 Å². The summed E-state index contributed by atoms with van der Waals surface area (Å²) in [6.45, 7) is 2.73. The van der Waals surface area contributed by atoms with E-state index in [1.807, 2.05) is 0 Å². The standard InChI is InChI=1S/C7H8ClN3O4/c1-7(2,6(12)13)10-3-4(8)5(9-10)11(14)15/h3H,1-2H3,(H,12,13). The topological polar surface area (TPSA) is 98.3 Å². The molecule has 0 amide bonds. The average Bonchev–Trinajstić information content (AvgIpc) is 2.47. The number of aliphatic carboxylic acids is 1. The summed E-state index contributed by atoms with van der Waals surface area (Å²) in [7, 11) is 0. The summed E-state index contributed by atoms with van der Waals surface area (Å²) in [6.07, 6.45) is 1.12. The Balaban J connectivity index is 3.24. The van der Waals surface area contributed by atoms with E-state index in [4.69, 9.17) is 16.7 Å². The highest BCUT2D eigenvalue weighted by molar-refractivity contribution is 6.32. The molecule has 0 aliphatic heterocycles. The molecule has 8 heteroatoms. The van der Waals surface area contributed by atoms with Crippen LogP contribution in [0.2, 0.25) is 5.02 Å². The van der Waals surface area contributed by atoms with Crippen LogP contribution in [0.4, 0.5) is 5.82 Å². The van der Waals surface area contributed by atoms with Crippen LogP contribution in [0.25, 0.3) is 0 Å². The lowest BCUT2D eigenvalue weighted by Gasteiger charge is -2.15. The van der Waals surface area contributed by atoms with Gasteiger partial charge in [0.05, 0.1) is 11.3 Å². The van der Waals surface area contributed by atoms with Crippen LogP contribution in [-0.4, -0.2) is 25.8 Å². The first kappa shape index (κ1) is 11.4. The molecule has 1 aromatic rings. The van der Waals surface area contributed by atoms with Gasteiger partial charge in [0.25, 0.3) is 0 Å². The molecule has 0 atom stereocenters. The second-order valence-electron chi connectivity index (χ2n) is 3.37. The highest BCUT2D eigenvalue weighted by Crippen LogP contribution is 2.25. The number of halogens is 1. The average molecular weight is 234 g/mol. The Bertz CT molecular complexity index is 426. The van der Waals surface area contributed by atoms with Crippen molar-refractivity contribution in [1.82, 2.24) is 9.78 Å². The van der Waals surface area contributed by atoms with Crippen LogP contribution in [0.15, 0.2) is 6.20 Å². The number of aromatic nitrogens is 2. The fourth-order valence-corrected chi connectivity index (χ4v) is 1.05. The van der Waals surface area contributed by atoms with E-state index in [1.165, 1.54) is 13.8 Å². The number of rotatable bonds is 3. The van der Waals surface area contributed by atoms with Crippen LogP contribution in [-0.2, 0) is 10.3 Å². The third-order valence-electron chi connectivity index (χ3n) is 1.92. The van der Waals surface area contributed by atoms with Crippen molar-refractivity contribution in [3.8, 4) is 0 Å². The Morgan fingerprint density at radius 1 is 1.73 bits per heavy atom. The Kier molecular flexibility index (Phi) is 2.67. The summed E-state index contributed by atoms with van der Waals surface area (Å²) in [6, 6.07) is 0. The first-order valence-corrected chi connectivity index (χ1v) is 4.28. The summed E-state index contributed by atoms with van der Waals surface area (Å²) in [4.78, 5) is 20.5.